The van der Waals surface area contributed by atoms with Gasteiger partial charge in [-0.3, -0.25) is 0 Å². The average molecular weight is 327 g/mol. The lowest BCUT2D eigenvalue weighted by atomic mass is 10.0. The Kier molecular flexibility index (Phi) is 5.85. The molecule has 0 aliphatic carbocycles. The summed E-state index contributed by atoms with van der Waals surface area (Å²) >= 11 is 3.45. The zero-order valence-electron chi connectivity index (χ0n) is 12.3. The number of halogens is 1. The van der Waals surface area contributed by atoms with Crippen LogP contribution in [0.25, 0.3) is 0 Å². The Hall–Kier alpha value is -1.03. The van der Waals surface area contributed by atoms with E-state index in [1.165, 1.54) is 0 Å². The largest absolute Gasteiger partial charge is 0.325 e. The molecule has 19 heavy (non-hydrogen) atoms. The number of amides is 2. The summed E-state index contributed by atoms with van der Waals surface area (Å²) in [6.45, 7) is 8.41. The molecule has 1 rings (SSSR count). The van der Waals surface area contributed by atoms with Gasteiger partial charge < -0.3 is 10.2 Å². The van der Waals surface area contributed by atoms with Crippen LogP contribution in [0.15, 0.2) is 22.7 Å². The summed E-state index contributed by atoms with van der Waals surface area (Å²) in [6.07, 6.45) is 1.00. The van der Waals surface area contributed by atoms with Gasteiger partial charge in [0.25, 0.3) is 0 Å². The van der Waals surface area contributed by atoms with E-state index in [4.69, 9.17) is 0 Å². The summed E-state index contributed by atoms with van der Waals surface area (Å²) in [5.41, 5.74) is 1.94. The van der Waals surface area contributed by atoms with Crippen molar-refractivity contribution in [3.8, 4) is 0 Å². The Balaban J connectivity index is 2.65. The number of carbonyl (C=O) groups excluding carboxylic acids is 1. The minimum Gasteiger partial charge on any atom is -0.325 e. The maximum Gasteiger partial charge on any atom is 0.321 e. The van der Waals surface area contributed by atoms with Crippen molar-refractivity contribution >= 4 is 27.6 Å². The topological polar surface area (TPSA) is 32.3 Å². The van der Waals surface area contributed by atoms with Crippen LogP contribution in [0, 0.1) is 12.8 Å². The highest BCUT2D eigenvalue weighted by Crippen LogP contribution is 2.20. The van der Waals surface area contributed by atoms with Gasteiger partial charge in [-0.1, -0.05) is 29.8 Å². The summed E-state index contributed by atoms with van der Waals surface area (Å²) < 4.78 is 1.05. The highest BCUT2D eigenvalue weighted by atomic mass is 79.9. The van der Waals surface area contributed by atoms with Crippen LogP contribution in [0.4, 0.5) is 10.5 Å². The lowest BCUT2D eigenvalue weighted by molar-refractivity contribution is 0.200. The first-order valence-corrected chi connectivity index (χ1v) is 7.40. The Morgan fingerprint density at radius 1 is 1.37 bits per heavy atom. The minimum absolute atomic E-state index is 0.0603. The number of anilines is 1. The second-order valence-corrected chi connectivity index (χ2v) is 6.34. The quantitative estimate of drug-likeness (QED) is 0.857. The molecule has 106 valence electrons. The molecular weight excluding hydrogens is 304 g/mol. The van der Waals surface area contributed by atoms with Crippen molar-refractivity contribution in [2.45, 2.75) is 40.2 Å². The van der Waals surface area contributed by atoms with Crippen molar-refractivity contribution < 1.29 is 4.79 Å². The highest BCUT2D eigenvalue weighted by Gasteiger charge is 2.16. The van der Waals surface area contributed by atoms with E-state index in [1.807, 2.05) is 32.2 Å². The first-order chi connectivity index (χ1) is 8.81. The summed E-state index contributed by atoms with van der Waals surface area (Å²) in [7, 11) is 1.84. The van der Waals surface area contributed by atoms with E-state index in [0.717, 1.165) is 22.1 Å². The summed E-state index contributed by atoms with van der Waals surface area (Å²) in [5.74, 6) is 0.583. The third-order valence-electron chi connectivity index (χ3n) is 3.20. The van der Waals surface area contributed by atoms with Gasteiger partial charge in [-0.05, 0) is 49.9 Å². The lowest BCUT2D eigenvalue weighted by Gasteiger charge is -2.26. The number of nitrogens with one attached hydrogen (secondary N) is 1. The number of nitrogens with zero attached hydrogens (tertiary/aromatic N) is 1. The summed E-state index contributed by atoms with van der Waals surface area (Å²) in [5, 5.41) is 2.93. The first-order valence-electron chi connectivity index (χ1n) is 6.61. The molecule has 0 aliphatic heterocycles. The zero-order valence-corrected chi connectivity index (χ0v) is 13.9. The molecule has 0 saturated carbocycles. The molecule has 0 saturated heterocycles. The van der Waals surface area contributed by atoms with Crippen molar-refractivity contribution in [3.63, 3.8) is 0 Å². The molecule has 1 atom stereocenters. The van der Waals surface area contributed by atoms with E-state index in [-0.39, 0.29) is 12.1 Å². The van der Waals surface area contributed by atoms with Crippen molar-refractivity contribution in [2.75, 3.05) is 12.4 Å². The average Bonchev–Trinajstić information content (AvgIpc) is 2.32. The first kappa shape index (κ1) is 16.0. The van der Waals surface area contributed by atoms with Crippen molar-refractivity contribution in [1.29, 1.82) is 0 Å². The summed E-state index contributed by atoms with van der Waals surface area (Å²) in [6, 6.07) is 5.98. The fourth-order valence-corrected chi connectivity index (χ4v) is 2.22. The van der Waals surface area contributed by atoms with E-state index in [0.29, 0.717) is 5.92 Å². The van der Waals surface area contributed by atoms with Gasteiger partial charge >= 0.3 is 6.03 Å². The molecule has 0 fully saturated rings. The predicted octanol–water partition coefficient (Wildman–Crippen LogP) is 4.66. The fourth-order valence-electron chi connectivity index (χ4n) is 1.97. The molecule has 1 aromatic carbocycles. The zero-order chi connectivity index (χ0) is 14.6. The molecule has 0 spiro atoms. The molecule has 2 amide bonds. The van der Waals surface area contributed by atoms with Crippen LogP contribution >= 0.6 is 15.9 Å². The summed E-state index contributed by atoms with van der Waals surface area (Å²) in [4.78, 5) is 13.9. The molecule has 0 bridgehead atoms. The number of hydrogen-bond acceptors (Lipinski definition) is 1. The monoisotopic (exact) mass is 326 g/mol. The van der Waals surface area contributed by atoms with Crippen LogP contribution in [0.3, 0.4) is 0 Å². The maximum absolute atomic E-state index is 12.1. The second-order valence-electron chi connectivity index (χ2n) is 5.48. The van der Waals surface area contributed by atoms with Crippen molar-refractivity contribution in [3.05, 3.63) is 28.2 Å². The van der Waals surface area contributed by atoms with Crippen LogP contribution in [0.2, 0.25) is 0 Å². The van der Waals surface area contributed by atoms with Crippen LogP contribution in [0.1, 0.15) is 32.8 Å². The number of urea groups is 1. The molecule has 0 unspecified atom stereocenters. The van der Waals surface area contributed by atoms with Gasteiger partial charge in [-0.2, -0.15) is 0 Å². The fraction of sp³-hybridized carbons (Fsp3) is 0.533. The van der Waals surface area contributed by atoms with Gasteiger partial charge in [0.15, 0.2) is 0 Å². The number of aryl methyl sites for hydroxylation is 1. The molecule has 0 aliphatic rings. The van der Waals surface area contributed by atoms with Crippen LogP contribution in [-0.2, 0) is 0 Å². The van der Waals surface area contributed by atoms with Gasteiger partial charge in [-0.15, -0.1) is 0 Å². The maximum atomic E-state index is 12.1. The molecular formula is C15H23BrN2O. The molecule has 4 heteroatoms. The molecule has 0 aromatic heterocycles. The van der Waals surface area contributed by atoms with Crippen molar-refractivity contribution in [2.24, 2.45) is 5.92 Å². The highest BCUT2D eigenvalue weighted by molar-refractivity contribution is 9.10. The van der Waals surface area contributed by atoms with Crippen LogP contribution in [-0.4, -0.2) is 24.0 Å². The number of benzene rings is 1. The normalized spacial score (nSPS) is 12.4. The number of hydrogen-bond donors (Lipinski definition) is 1. The SMILES string of the molecule is Cc1cc(NC(=O)N(C)[C@@H](C)CC(C)C)ccc1Br. The smallest absolute Gasteiger partial charge is 0.321 e. The number of rotatable bonds is 4. The van der Waals surface area contributed by atoms with Crippen LogP contribution in [0.5, 0.6) is 0 Å². The van der Waals surface area contributed by atoms with Gasteiger partial charge in [0.05, 0.1) is 0 Å². The van der Waals surface area contributed by atoms with Gasteiger partial charge in [-0.25, -0.2) is 4.79 Å². The van der Waals surface area contributed by atoms with E-state index in [9.17, 15) is 4.79 Å². The standard InChI is InChI=1S/C15H23BrN2O/c1-10(2)8-12(4)18(5)15(19)17-13-6-7-14(16)11(3)9-13/h6-7,9-10,12H,8H2,1-5H3,(H,17,19)/t12-/m0/s1. The van der Waals surface area contributed by atoms with E-state index >= 15 is 0 Å². The third kappa shape index (κ3) is 4.86. The van der Waals surface area contributed by atoms with E-state index < -0.39 is 0 Å². The van der Waals surface area contributed by atoms with E-state index in [1.54, 1.807) is 4.90 Å². The minimum atomic E-state index is -0.0603. The van der Waals surface area contributed by atoms with Crippen LogP contribution < -0.4 is 5.32 Å². The Bertz CT molecular complexity index is 446. The predicted molar refractivity (Wildman–Crippen MR) is 84.6 cm³/mol. The Labute approximate surface area is 124 Å². The Morgan fingerprint density at radius 3 is 2.53 bits per heavy atom. The molecule has 1 aromatic rings. The molecule has 1 N–H and O–H groups in total. The van der Waals surface area contributed by atoms with Gasteiger partial charge in [0.1, 0.15) is 0 Å². The second kappa shape index (κ2) is 6.94. The van der Waals surface area contributed by atoms with Gasteiger partial charge in [0, 0.05) is 23.2 Å². The van der Waals surface area contributed by atoms with Crippen molar-refractivity contribution in [1.82, 2.24) is 4.90 Å². The molecule has 0 radical (unpaired) electrons. The molecule has 0 heterocycles. The third-order valence-corrected chi connectivity index (χ3v) is 4.09. The number of carbonyl (C=O) groups is 1. The lowest BCUT2D eigenvalue weighted by Crippen LogP contribution is -2.38. The van der Waals surface area contributed by atoms with E-state index in [2.05, 4.69) is 42.0 Å². The Morgan fingerprint density at radius 2 is 2.00 bits per heavy atom. The van der Waals surface area contributed by atoms with Gasteiger partial charge in [0.2, 0.25) is 0 Å². The molecule has 3 nitrogen and oxygen atoms in total.